The van der Waals surface area contributed by atoms with Crippen LogP contribution >= 0.6 is 34.5 Å². The van der Waals surface area contributed by atoms with Crippen molar-refractivity contribution in [2.75, 3.05) is 11.1 Å². The number of carbonyl (C=O) groups excluding carboxylic acids is 1. The first-order chi connectivity index (χ1) is 11.8. The molecule has 0 unspecified atom stereocenters. The maximum atomic E-state index is 12.6. The third kappa shape index (κ3) is 3.50. The van der Waals surface area contributed by atoms with Crippen molar-refractivity contribution in [1.29, 1.82) is 0 Å². The molecule has 25 heavy (non-hydrogen) atoms. The second kappa shape index (κ2) is 6.92. The molecule has 3 aromatic rings. The lowest BCUT2D eigenvalue weighted by atomic mass is 10.2. The Kier molecular flexibility index (Phi) is 5.02. The van der Waals surface area contributed by atoms with Gasteiger partial charge in [-0.1, -0.05) is 53.6 Å². The van der Waals surface area contributed by atoms with Crippen LogP contribution in [0, 0.1) is 0 Å². The van der Waals surface area contributed by atoms with Gasteiger partial charge in [0.15, 0.2) is 15.0 Å². The fourth-order valence-electron chi connectivity index (χ4n) is 2.24. The van der Waals surface area contributed by atoms with Crippen LogP contribution in [-0.2, 0) is 9.84 Å². The maximum absolute atomic E-state index is 12.6. The topological polar surface area (TPSA) is 76.1 Å². The Balaban J connectivity index is 1.99. The van der Waals surface area contributed by atoms with Crippen LogP contribution in [-0.4, -0.2) is 25.1 Å². The molecule has 1 amide bonds. The lowest BCUT2D eigenvalue weighted by molar-refractivity contribution is 0.102. The number of halogens is 2. The number of carbonyl (C=O) groups is 1. The van der Waals surface area contributed by atoms with Gasteiger partial charge in [0.05, 0.1) is 31.0 Å². The number of anilines is 1. The number of nitrogens with zero attached hydrogens (tertiary/aromatic N) is 1. The van der Waals surface area contributed by atoms with Crippen molar-refractivity contribution in [3.8, 4) is 0 Å². The van der Waals surface area contributed by atoms with Crippen molar-refractivity contribution in [1.82, 2.24) is 4.98 Å². The van der Waals surface area contributed by atoms with E-state index in [0.29, 0.717) is 25.4 Å². The number of fused-ring (bicyclic) bond motifs is 1. The number of rotatable bonds is 4. The van der Waals surface area contributed by atoms with E-state index in [0.717, 1.165) is 0 Å². The standard InChI is InChI=1S/C16H12Cl2N2O3S2/c1-2-25(22,23)12-6-4-3-5-9(12)15(21)20-16-19-13-10(17)7-8-11(18)14(13)24-16/h3-8H,2H2,1H3,(H,19,20,21). The van der Waals surface area contributed by atoms with Gasteiger partial charge >= 0.3 is 0 Å². The molecule has 0 saturated heterocycles. The van der Waals surface area contributed by atoms with E-state index in [1.165, 1.54) is 30.4 Å². The third-order valence-corrected chi connectivity index (χ3v) is 7.04. The van der Waals surface area contributed by atoms with Crippen molar-refractivity contribution in [2.45, 2.75) is 11.8 Å². The fraction of sp³-hybridized carbons (Fsp3) is 0.125. The van der Waals surface area contributed by atoms with Gasteiger partial charge in [-0.3, -0.25) is 10.1 Å². The molecule has 0 atom stereocenters. The number of hydrogen-bond donors (Lipinski definition) is 1. The van der Waals surface area contributed by atoms with Crippen LogP contribution in [0.3, 0.4) is 0 Å². The van der Waals surface area contributed by atoms with Crippen LogP contribution in [0.15, 0.2) is 41.3 Å². The normalized spacial score (nSPS) is 11.6. The van der Waals surface area contributed by atoms with E-state index < -0.39 is 15.7 Å². The highest BCUT2D eigenvalue weighted by Gasteiger charge is 2.21. The number of hydrogen-bond acceptors (Lipinski definition) is 5. The van der Waals surface area contributed by atoms with Gasteiger partial charge in [0, 0.05) is 0 Å². The van der Waals surface area contributed by atoms with E-state index in [9.17, 15) is 13.2 Å². The van der Waals surface area contributed by atoms with Gasteiger partial charge in [-0.25, -0.2) is 13.4 Å². The SMILES string of the molecule is CCS(=O)(=O)c1ccccc1C(=O)Nc1nc2c(Cl)ccc(Cl)c2s1. The molecular formula is C16H12Cl2N2O3S2. The number of nitrogens with one attached hydrogen (secondary N) is 1. The average molecular weight is 415 g/mol. The average Bonchev–Trinajstić information content (AvgIpc) is 3.03. The number of amides is 1. The zero-order chi connectivity index (χ0) is 18.2. The van der Waals surface area contributed by atoms with Crippen LogP contribution in [0.2, 0.25) is 10.0 Å². The summed E-state index contributed by atoms with van der Waals surface area (Å²) in [5.74, 6) is -0.650. The van der Waals surface area contributed by atoms with E-state index in [1.807, 2.05) is 0 Å². The number of aromatic nitrogens is 1. The minimum Gasteiger partial charge on any atom is -0.298 e. The number of benzene rings is 2. The summed E-state index contributed by atoms with van der Waals surface area (Å²) >= 11 is 13.4. The summed E-state index contributed by atoms with van der Waals surface area (Å²) < 4.78 is 25.0. The molecule has 0 spiro atoms. The molecule has 9 heteroatoms. The molecule has 0 radical (unpaired) electrons. The molecular weight excluding hydrogens is 403 g/mol. The molecule has 130 valence electrons. The fourth-order valence-corrected chi connectivity index (χ4v) is 4.75. The molecule has 0 saturated carbocycles. The van der Waals surface area contributed by atoms with Gasteiger partial charge in [-0.15, -0.1) is 0 Å². The largest absolute Gasteiger partial charge is 0.298 e. The van der Waals surface area contributed by atoms with Gasteiger partial charge in [-0.05, 0) is 24.3 Å². The molecule has 1 aromatic heterocycles. The van der Waals surface area contributed by atoms with Crippen molar-refractivity contribution in [2.24, 2.45) is 0 Å². The summed E-state index contributed by atoms with van der Waals surface area (Å²) in [6.45, 7) is 1.53. The van der Waals surface area contributed by atoms with Crippen molar-refractivity contribution < 1.29 is 13.2 Å². The van der Waals surface area contributed by atoms with Crippen molar-refractivity contribution >= 4 is 65.6 Å². The summed E-state index contributed by atoms with van der Waals surface area (Å²) in [5.41, 5.74) is 0.560. The van der Waals surface area contributed by atoms with Gasteiger partial charge < -0.3 is 0 Å². The summed E-state index contributed by atoms with van der Waals surface area (Å²) in [5, 5.41) is 3.82. The van der Waals surface area contributed by atoms with E-state index in [2.05, 4.69) is 10.3 Å². The lowest BCUT2D eigenvalue weighted by Gasteiger charge is -2.08. The summed E-state index contributed by atoms with van der Waals surface area (Å²) in [7, 11) is -3.52. The first kappa shape index (κ1) is 18.1. The quantitative estimate of drug-likeness (QED) is 0.673. The van der Waals surface area contributed by atoms with Crippen molar-refractivity contribution in [3.05, 3.63) is 52.0 Å². The van der Waals surface area contributed by atoms with Gasteiger partial charge in [0.2, 0.25) is 0 Å². The van der Waals surface area contributed by atoms with Gasteiger partial charge in [0.25, 0.3) is 5.91 Å². The molecule has 0 aliphatic rings. The Bertz CT molecular complexity index is 1040. The second-order valence-corrected chi connectivity index (χ2v) is 9.14. The zero-order valence-electron chi connectivity index (χ0n) is 12.9. The molecule has 1 heterocycles. The Labute approximate surface area is 158 Å². The van der Waals surface area contributed by atoms with Crippen LogP contribution in [0.25, 0.3) is 10.2 Å². The second-order valence-electron chi connectivity index (χ2n) is 5.08. The molecule has 1 N–H and O–H groups in total. The number of sulfone groups is 1. The van der Waals surface area contributed by atoms with E-state index >= 15 is 0 Å². The van der Waals surface area contributed by atoms with Crippen molar-refractivity contribution in [3.63, 3.8) is 0 Å². The molecule has 0 bridgehead atoms. The molecule has 5 nitrogen and oxygen atoms in total. The van der Waals surface area contributed by atoms with Crippen LogP contribution < -0.4 is 5.32 Å². The van der Waals surface area contributed by atoms with Gasteiger partial charge in [0.1, 0.15) is 5.52 Å². The Morgan fingerprint density at radius 2 is 1.84 bits per heavy atom. The Morgan fingerprint density at radius 1 is 1.16 bits per heavy atom. The monoisotopic (exact) mass is 414 g/mol. The van der Waals surface area contributed by atoms with Crippen LogP contribution in [0.1, 0.15) is 17.3 Å². The van der Waals surface area contributed by atoms with Gasteiger partial charge in [-0.2, -0.15) is 0 Å². The van der Waals surface area contributed by atoms with Crippen LogP contribution in [0.5, 0.6) is 0 Å². The summed E-state index contributed by atoms with van der Waals surface area (Å²) in [6.07, 6.45) is 0. The Hall–Kier alpha value is -1.67. The summed E-state index contributed by atoms with van der Waals surface area (Å²) in [6, 6.07) is 9.34. The van der Waals surface area contributed by atoms with E-state index in [4.69, 9.17) is 23.2 Å². The molecule has 3 rings (SSSR count). The molecule has 0 fully saturated rings. The zero-order valence-corrected chi connectivity index (χ0v) is 16.1. The first-order valence-corrected chi connectivity index (χ1v) is 10.4. The third-order valence-electron chi connectivity index (χ3n) is 3.51. The molecule has 0 aliphatic carbocycles. The highest BCUT2D eigenvalue weighted by molar-refractivity contribution is 7.91. The maximum Gasteiger partial charge on any atom is 0.258 e. The Morgan fingerprint density at radius 3 is 2.52 bits per heavy atom. The minimum atomic E-state index is -3.52. The highest BCUT2D eigenvalue weighted by atomic mass is 35.5. The highest BCUT2D eigenvalue weighted by Crippen LogP contribution is 2.36. The predicted octanol–water partition coefficient (Wildman–Crippen LogP) is 4.65. The summed E-state index contributed by atoms with van der Waals surface area (Å²) in [4.78, 5) is 16.8. The van der Waals surface area contributed by atoms with E-state index in [1.54, 1.807) is 24.3 Å². The lowest BCUT2D eigenvalue weighted by Crippen LogP contribution is -2.17. The predicted molar refractivity (Wildman–Crippen MR) is 102 cm³/mol. The smallest absolute Gasteiger partial charge is 0.258 e. The first-order valence-electron chi connectivity index (χ1n) is 7.21. The minimum absolute atomic E-state index is 0.00724. The molecule has 0 aliphatic heterocycles. The van der Waals surface area contributed by atoms with E-state index in [-0.39, 0.29) is 16.2 Å². The molecule has 2 aromatic carbocycles. The number of thiazole rings is 1. The van der Waals surface area contributed by atoms with Crippen LogP contribution in [0.4, 0.5) is 5.13 Å².